The number of rotatable bonds is 3. The molecule has 20 heavy (non-hydrogen) atoms. The van der Waals surface area contributed by atoms with Gasteiger partial charge in [0.25, 0.3) is 11.5 Å². The third-order valence-electron chi connectivity index (χ3n) is 3.62. The molecule has 1 aromatic heterocycles. The van der Waals surface area contributed by atoms with Gasteiger partial charge in [-0.1, -0.05) is 25.7 Å². The summed E-state index contributed by atoms with van der Waals surface area (Å²) >= 11 is 0. The van der Waals surface area contributed by atoms with Gasteiger partial charge in [-0.15, -0.1) is 0 Å². The molecule has 0 spiro atoms. The van der Waals surface area contributed by atoms with Crippen LogP contribution in [0.5, 0.6) is 0 Å². The molecule has 1 amide bonds. The molecule has 1 fully saturated rings. The number of nitrogens with one attached hydrogen (secondary N) is 2. The summed E-state index contributed by atoms with van der Waals surface area (Å²) in [7, 11) is 0. The number of carboxylic acids is 1. The first-order chi connectivity index (χ1) is 9.53. The van der Waals surface area contributed by atoms with E-state index in [9.17, 15) is 19.5 Å². The molecule has 0 aromatic carbocycles. The van der Waals surface area contributed by atoms with Gasteiger partial charge < -0.3 is 15.4 Å². The molecule has 1 aromatic rings. The summed E-state index contributed by atoms with van der Waals surface area (Å²) in [6, 6.07) is 0. The van der Waals surface area contributed by atoms with E-state index in [1.54, 1.807) is 0 Å². The Balaban J connectivity index is 2.19. The van der Waals surface area contributed by atoms with Gasteiger partial charge in [0.2, 0.25) is 0 Å². The van der Waals surface area contributed by atoms with Crippen molar-refractivity contribution in [2.24, 2.45) is 0 Å². The van der Waals surface area contributed by atoms with Crippen molar-refractivity contribution in [2.45, 2.75) is 44.1 Å². The fraction of sp³-hybridized carbons (Fsp3) is 0.538. The Bertz CT molecular complexity index is 538. The Morgan fingerprint density at radius 3 is 2.40 bits per heavy atom. The van der Waals surface area contributed by atoms with Gasteiger partial charge in [0.05, 0.1) is 6.20 Å². The minimum atomic E-state index is -1.23. The minimum Gasteiger partial charge on any atom is -0.480 e. The van der Waals surface area contributed by atoms with E-state index in [1.807, 2.05) is 0 Å². The number of carbonyl (C=O) groups excluding carboxylic acids is 1. The van der Waals surface area contributed by atoms with Crippen molar-refractivity contribution in [2.75, 3.05) is 0 Å². The Hall–Kier alpha value is -2.18. The molecule has 0 atom stereocenters. The summed E-state index contributed by atoms with van der Waals surface area (Å²) in [6.07, 6.45) is 6.50. The molecule has 1 saturated carbocycles. The molecule has 2 rings (SSSR count). The summed E-state index contributed by atoms with van der Waals surface area (Å²) in [5, 5.41) is 12.0. The first-order valence-electron chi connectivity index (χ1n) is 6.64. The number of carboxylic acid groups (broad SMARTS) is 1. The molecule has 3 N–H and O–H groups in total. The maximum absolute atomic E-state index is 12.1. The van der Waals surface area contributed by atoms with Gasteiger partial charge >= 0.3 is 5.97 Å². The number of hydrogen-bond donors (Lipinski definition) is 3. The molecule has 0 bridgehead atoms. The van der Waals surface area contributed by atoms with Crippen molar-refractivity contribution in [3.8, 4) is 0 Å². The molecule has 0 saturated heterocycles. The molecule has 1 aliphatic carbocycles. The van der Waals surface area contributed by atoms with Gasteiger partial charge in [-0.05, 0) is 12.8 Å². The third-order valence-corrected chi connectivity index (χ3v) is 3.62. The normalized spacial score (nSPS) is 18.0. The zero-order valence-electron chi connectivity index (χ0n) is 11.0. The summed E-state index contributed by atoms with van der Waals surface area (Å²) in [5.41, 5.74) is -1.63. The molecule has 7 heteroatoms. The molecule has 1 aliphatic rings. The van der Waals surface area contributed by atoms with Crippen molar-refractivity contribution in [3.63, 3.8) is 0 Å². The summed E-state index contributed by atoms with van der Waals surface area (Å²) < 4.78 is 0. The maximum atomic E-state index is 12.1. The van der Waals surface area contributed by atoms with Crippen LogP contribution in [0.1, 0.15) is 49.0 Å². The number of H-pyrrole nitrogens is 1. The number of aromatic nitrogens is 2. The van der Waals surface area contributed by atoms with Crippen LogP contribution in [-0.2, 0) is 4.79 Å². The molecular weight excluding hydrogens is 262 g/mol. The lowest BCUT2D eigenvalue weighted by Crippen LogP contribution is -2.54. The third kappa shape index (κ3) is 3.04. The second kappa shape index (κ2) is 5.85. The summed E-state index contributed by atoms with van der Waals surface area (Å²) in [4.78, 5) is 40.6. The summed E-state index contributed by atoms with van der Waals surface area (Å²) in [5.74, 6) is -1.59. The van der Waals surface area contributed by atoms with Crippen LogP contribution in [-0.4, -0.2) is 32.5 Å². The number of amides is 1. The van der Waals surface area contributed by atoms with Crippen LogP contribution in [0, 0.1) is 0 Å². The predicted molar refractivity (Wildman–Crippen MR) is 70.4 cm³/mol. The van der Waals surface area contributed by atoms with Crippen molar-refractivity contribution in [1.29, 1.82) is 0 Å². The van der Waals surface area contributed by atoms with Crippen molar-refractivity contribution >= 4 is 11.9 Å². The lowest BCUT2D eigenvalue weighted by molar-refractivity contribution is -0.145. The average Bonchev–Trinajstić information content (AvgIpc) is 2.66. The largest absolute Gasteiger partial charge is 0.480 e. The van der Waals surface area contributed by atoms with E-state index in [1.165, 1.54) is 6.20 Å². The standard InChI is InChI=1S/C13H17N3O4/c17-10-8-14-9(7-15-10)11(18)16-13(12(19)20)5-3-1-2-4-6-13/h7-8H,1-6H2,(H,15,17)(H,16,18)(H,19,20). The Kier molecular flexibility index (Phi) is 4.16. The van der Waals surface area contributed by atoms with Crippen LogP contribution < -0.4 is 10.9 Å². The Morgan fingerprint density at radius 1 is 1.25 bits per heavy atom. The van der Waals surface area contributed by atoms with Crippen LogP contribution >= 0.6 is 0 Å². The van der Waals surface area contributed by atoms with Crippen LogP contribution in [0.15, 0.2) is 17.2 Å². The Morgan fingerprint density at radius 2 is 1.90 bits per heavy atom. The average molecular weight is 279 g/mol. The molecule has 0 aliphatic heterocycles. The molecule has 108 valence electrons. The van der Waals surface area contributed by atoms with E-state index in [0.717, 1.165) is 31.9 Å². The molecule has 1 heterocycles. The van der Waals surface area contributed by atoms with Crippen LogP contribution in [0.3, 0.4) is 0 Å². The van der Waals surface area contributed by atoms with Crippen LogP contribution in [0.4, 0.5) is 0 Å². The van der Waals surface area contributed by atoms with Gasteiger partial charge in [0.1, 0.15) is 11.2 Å². The number of aromatic amines is 1. The molecule has 0 unspecified atom stereocenters. The fourth-order valence-electron chi connectivity index (χ4n) is 2.47. The smallest absolute Gasteiger partial charge is 0.329 e. The lowest BCUT2D eigenvalue weighted by Gasteiger charge is -2.29. The minimum absolute atomic E-state index is 0.00877. The zero-order valence-corrected chi connectivity index (χ0v) is 11.0. The molecule has 7 nitrogen and oxygen atoms in total. The van der Waals surface area contributed by atoms with E-state index in [0.29, 0.717) is 12.8 Å². The number of hydrogen-bond acceptors (Lipinski definition) is 4. The second-order valence-corrected chi connectivity index (χ2v) is 5.05. The SMILES string of the molecule is O=C(NC1(C(=O)O)CCCCCC1)c1c[nH]c(=O)cn1. The number of carbonyl (C=O) groups is 2. The first kappa shape index (κ1) is 14.2. The van der Waals surface area contributed by atoms with Crippen LogP contribution in [0.25, 0.3) is 0 Å². The highest BCUT2D eigenvalue weighted by atomic mass is 16.4. The highest BCUT2D eigenvalue weighted by Crippen LogP contribution is 2.27. The monoisotopic (exact) mass is 279 g/mol. The highest BCUT2D eigenvalue weighted by Gasteiger charge is 2.40. The second-order valence-electron chi connectivity index (χ2n) is 5.05. The number of nitrogens with zero attached hydrogens (tertiary/aromatic N) is 1. The quantitative estimate of drug-likeness (QED) is 0.704. The van der Waals surface area contributed by atoms with Crippen molar-refractivity contribution in [3.05, 3.63) is 28.4 Å². The number of aliphatic carboxylic acids is 1. The highest BCUT2D eigenvalue weighted by molar-refractivity contribution is 5.96. The fourth-order valence-corrected chi connectivity index (χ4v) is 2.47. The van der Waals surface area contributed by atoms with Gasteiger partial charge in [-0.25, -0.2) is 9.78 Å². The van der Waals surface area contributed by atoms with Gasteiger partial charge in [0, 0.05) is 6.20 Å². The molecular formula is C13H17N3O4. The van der Waals surface area contributed by atoms with E-state index in [-0.39, 0.29) is 5.69 Å². The zero-order chi connectivity index (χ0) is 14.6. The Labute approximate surface area is 115 Å². The van der Waals surface area contributed by atoms with E-state index < -0.39 is 23.0 Å². The van der Waals surface area contributed by atoms with Crippen LogP contribution in [0.2, 0.25) is 0 Å². The van der Waals surface area contributed by atoms with E-state index >= 15 is 0 Å². The predicted octanol–water partition coefficient (Wildman–Crippen LogP) is 0.677. The van der Waals surface area contributed by atoms with E-state index in [2.05, 4.69) is 15.3 Å². The molecule has 0 radical (unpaired) electrons. The maximum Gasteiger partial charge on any atom is 0.329 e. The summed E-state index contributed by atoms with van der Waals surface area (Å²) in [6.45, 7) is 0. The van der Waals surface area contributed by atoms with Crippen molar-refractivity contribution < 1.29 is 14.7 Å². The first-order valence-corrected chi connectivity index (χ1v) is 6.64. The van der Waals surface area contributed by atoms with Gasteiger partial charge in [-0.3, -0.25) is 9.59 Å². The van der Waals surface area contributed by atoms with Crippen molar-refractivity contribution in [1.82, 2.24) is 15.3 Å². The topological polar surface area (TPSA) is 112 Å². The van der Waals surface area contributed by atoms with E-state index in [4.69, 9.17) is 0 Å². The lowest BCUT2D eigenvalue weighted by atomic mass is 9.90. The van der Waals surface area contributed by atoms with Gasteiger partial charge in [-0.2, -0.15) is 0 Å². The van der Waals surface area contributed by atoms with Gasteiger partial charge in [0.15, 0.2) is 0 Å².